The third kappa shape index (κ3) is 3.08. The summed E-state index contributed by atoms with van der Waals surface area (Å²) in [6.07, 6.45) is 0. The first-order valence-electron chi connectivity index (χ1n) is 5.72. The number of hydrogen-bond acceptors (Lipinski definition) is 3. The Bertz CT molecular complexity index is 711. The SMILES string of the molecule is Cc1ccc(CS(=O)(=O)c2ccccc2N)c(Cl)c1. The lowest BCUT2D eigenvalue weighted by atomic mass is 10.2. The zero-order chi connectivity index (χ0) is 14.0. The molecular formula is C14H14ClNO2S. The second-order valence-corrected chi connectivity index (χ2v) is 6.76. The standard InChI is InChI=1S/C14H14ClNO2S/c1-10-6-7-11(12(15)8-10)9-19(17,18)14-5-3-2-4-13(14)16/h2-8H,9,16H2,1H3. The Kier molecular flexibility index (Phi) is 3.83. The summed E-state index contributed by atoms with van der Waals surface area (Å²) in [5.74, 6) is -0.152. The molecule has 19 heavy (non-hydrogen) atoms. The highest BCUT2D eigenvalue weighted by Gasteiger charge is 2.19. The van der Waals surface area contributed by atoms with Gasteiger partial charge in [0.25, 0.3) is 0 Å². The lowest BCUT2D eigenvalue weighted by molar-refractivity contribution is 0.595. The smallest absolute Gasteiger partial charge is 0.184 e. The molecule has 2 aromatic carbocycles. The van der Waals surface area contributed by atoms with Gasteiger partial charge in [-0.3, -0.25) is 0 Å². The van der Waals surface area contributed by atoms with Crippen LogP contribution < -0.4 is 5.73 Å². The zero-order valence-electron chi connectivity index (χ0n) is 10.4. The van der Waals surface area contributed by atoms with Crippen molar-refractivity contribution in [3.05, 3.63) is 58.6 Å². The first-order chi connectivity index (χ1) is 8.90. The van der Waals surface area contributed by atoms with Crippen molar-refractivity contribution in [3.8, 4) is 0 Å². The van der Waals surface area contributed by atoms with Crippen molar-refractivity contribution in [3.63, 3.8) is 0 Å². The third-order valence-corrected chi connectivity index (χ3v) is 4.89. The molecule has 0 atom stereocenters. The molecule has 0 heterocycles. The van der Waals surface area contributed by atoms with Gasteiger partial charge >= 0.3 is 0 Å². The monoisotopic (exact) mass is 295 g/mol. The van der Waals surface area contributed by atoms with E-state index >= 15 is 0 Å². The number of rotatable bonds is 3. The second-order valence-electron chi connectivity index (χ2n) is 4.39. The molecule has 3 nitrogen and oxygen atoms in total. The van der Waals surface area contributed by atoms with E-state index < -0.39 is 9.84 Å². The van der Waals surface area contributed by atoms with Gasteiger partial charge in [0.1, 0.15) is 0 Å². The molecule has 0 saturated heterocycles. The number of nitrogens with two attached hydrogens (primary N) is 1. The Labute approximate surface area is 117 Å². The topological polar surface area (TPSA) is 60.2 Å². The first-order valence-corrected chi connectivity index (χ1v) is 7.75. The molecule has 5 heteroatoms. The van der Waals surface area contributed by atoms with Gasteiger partial charge in [-0.15, -0.1) is 0 Å². The molecule has 0 fully saturated rings. The maximum atomic E-state index is 12.3. The molecule has 0 aliphatic heterocycles. The van der Waals surface area contributed by atoms with Gasteiger partial charge in [-0.1, -0.05) is 35.9 Å². The number of nitrogen functional groups attached to an aromatic ring is 1. The second kappa shape index (κ2) is 5.23. The van der Waals surface area contributed by atoms with E-state index in [1.54, 1.807) is 30.3 Å². The number of sulfone groups is 1. The number of para-hydroxylation sites is 1. The predicted octanol–water partition coefficient (Wildman–Crippen LogP) is 3.20. The van der Waals surface area contributed by atoms with Gasteiger partial charge in [0.05, 0.1) is 16.3 Å². The Hall–Kier alpha value is -1.52. The summed E-state index contributed by atoms with van der Waals surface area (Å²) in [6, 6.07) is 11.8. The third-order valence-electron chi connectivity index (χ3n) is 2.81. The lowest BCUT2D eigenvalue weighted by Gasteiger charge is -2.09. The summed E-state index contributed by atoms with van der Waals surface area (Å²) >= 11 is 6.07. The Balaban J connectivity index is 2.40. The number of hydrogen-bond donors (Lipinski definition) is 1. The minimum absolute atomic E-state index is 0.145. The van der Waals surface area contributed by atoms with E-state index in [9.17, 15) is 8.42 Å². The summed E-state index contributed by atoms with van der Waals surface area (Å²) in [5.41, 5.74) is 7.54. The average molecular weight is 296 g/mol. The van der Waals surface area contributed by atoms with Crippen LogP contribution in [0.4, 0.5) is 5.69 Å². The van der Waals surface area contributed by atoms with Gasteiger partial charge in [0.2, 0.25) is 0 Å². The Morgan fingerprint density at radius 1 is 1.16 bits per heavy atom. The maximum absolute atomic E-state index is 12.3. The van der Waals surface area contributed by atoms with Crippen LogP contribution in [0.1, 0.15) is 11.1 Å². The molecule has 0 unspecified atom stereocenters. The van der Waals surface area contributed by atoms with Crippen LogP contribution in [0, 0.1) is 6.92 Å². The molecule has 0 aliphatic rings. The van der Waals surface area contributed by atoms with Crippen molar-refractivity contribution in [1.82, 2.24) is 0 Å². The molecule has 0 bridgehead atoms. The van der Waals surface area contributed by atoms with E-state index in [4.69, 9.17) is 17.3 Å². The minimum atomic E-state index is -3.49. The van der Waals surface area contributed by atoms with Gasteiger partial charge in [-0.2, -0.15) is 0 Å². The minimum Gasteiger partial charge on any atom is -0.398 e. The Morgan fingerprint density at radius 3 is 2.47 bits per heavy atom. The van der Waals surface area contributed by atoms with Crippen molar-refractivity contribution in [2.24, 2.45) is 0 Å². The Morgan fingerprint density at radius 2 is 1.84 bits per heavy atom. The van der Waals surface area contributed by atoms with Crippen LogP contribution >= 0.6 is 11.6 Å². The van der Waals surface area contributed by atoms with Crippen LogP contribution in [0.3, 0.4) is 0 Å². The number of halogens is 1. The van der Waals surface area contributed by atoms with Gasteiger partial charge < -0.3 is 5.73 Å². The van der Waals surface area contributed by atoms with Crippen LogP contribution in [0.15, 0.2) is 47.4 Å². The summed E-state index contributed by atoms with van der Waals surface area (Å²) in [7, 11) is -3.49. The summed E-state index contributed by atoms with van der Waals surface area (Å²) in [4.78, 5) is 0.145. The van der Waals surface area contributed by atoms with Gasteiger partial charge in [0, 0.05) is 5.02 Å². The highest BCUT2D eigenvalue weighted by molar-refractivity contribution is 7.90. The number of anilines is 1. The number of aryl methyl sites for hydroxylation is 1. The fourth-order valence-corrected chi connectivity index (χ4v) is 3.73. The molecule has 2 aromatic rings. The van der Waals surface area contributed by atoms with E-state index in [0.717, 1.165) is 5.56 Å². The molecule has 0 aromatic heterocycles. The van der Waals surface area contributed by atoms with E-state index in [2.05, 4.69) is 0 Å². The van der Waals surface area contributed by atoms with Gasteiger partial charge in [-0.05, 0) is 36.2 Å². The predicted molar refractivity (Wildman–Crippen MR) is 77.9 cm³/mol. The quantitative estimate of drug-likeness (QED) is 0.885. The summed E-state index contributed by atoms with van der Waals surface area (Å²) in [6.45, 7) is 1.90. The molecule has 0 saturated carbocycles. The van der Waals surface area contributed by atoms with Crippen molar-refractivity contribution < 1.29 is 8.42 Å². The molecule has 100 valence electrons. The number of benzene rings is 2. The van der Waals surface area contributed by atoms with Gasteiger partial charge in [0.15, 0.2) is 9.84 Å². The highest BCUT2D eigenvalue weighted by Crippen LogP contribution is 2.26. The normalized spacial score (nSPS) is 11.5. The van der Waals surface area contributed by atoms with Gasteiger partial charge in [-0.25, -0.2) is 8.42 Å². The van der Waals surface area contributed by atoms with Crippen LogP contribution in [0.25, 0.3) is 0 Å². The zero-order valence-corrected chi connectivity index (χ0v) is 12.0. The summed E-state index contributed by atoms with van der Waals surface area (Å²) in [5, 5.41) is 0.457. The van der Waals surface area contributed by atoms with E-state index in [-0.39, 0.29) is 16.3 Å². The van der Waals surface area contributed by atoms with Crippen molar-refractivity contribution in [2.45, 2.75) is 17.6 Å². The fraction of sp³-hybridized carbons (Fsp3) is 0.143. The van der Waals surface area contributed by atoms with Crippen LogP contribution in [0.2, 0.25) is 5.02 Å². The maximum Gasteiger partial charge on any atom is 0.184 e. The van der Waals surface area contributed by atoms with E-state index in [1.165, 1.54) is 6.07 Å². The largest absolute Gasteiger partial charge is 0.398 e. The molecule has 0 radical (unpaired) electrons. The van der Waals surface area contributed by atoms with Crippen LogP contribution in [-0.4, -0.2) is 8.42 Å². The molecule has 2 N–H and O–H groups in total. The van der Waals surface area contributed by atoms with E-state index in [1.807, 2.05) is 13.0 Å². The fourth-order valence-electron chi connectivity index (χ4n) is 1.82. The highest BCUT2D eigenvalue weighted by atomic mass is 35.5. The molecule has 0 amide bonds. The van der Waals surface area contributed by atoms with Crippen molar-refractivity contribution in [1.29, 1.82) is 0 Å². The lowest BCUT2D eigenvalue weighted by Crippen LogP contribution is -2.08. The van der Waals surface area contributed by atoms with E-state index in [0.29, 0.717) is 10.6 Å². The average Bonchev–Trinajstić information content (AvgIpc) is 2.33. The summed E-state index contributed by atoms with van der Waals surface area (Å²) < 4.78 is 24.6. The van der Waals surface area contributed by atoms with Crippen LogP contribution in [-0.2, 0) is 15.6 Å². The van der Waals surface area contributed by atoms with Crippen LogP contribution in [0.5, 0.6) is 0 Å². The molecule has 0 spiro atoms. The molecular weight excluding hydrogens is 282 g/mol. The first kappa shape index (κ1) is 13.9. The van der Waals surface area contributed by atoms with Crippen molar-refractivity contribution in [2.75, 3.05) is 5.73 Å². The van der Waals surface area contributed by atoms with Crippen molar-refractivity contribution >= 4 is 27.1 Å². The molecule has 0 aliphatic carbocycles. The molecule has 2 rings (SSSR count).